The predicted molar refractivity (Wildman–Crippen MR) is 102 cm³/mol. The van der Waals surface area contributed by atoms with Gasteiger partial charge < -0.3 is 9.47 Å². The molecule has 2 heterocycles. The molecule has 1 amide bonds. The molecule has 2 aliphatic heterocycles. The van der Waals surface area contributed by atoms with Crippen molar-refractivity contribution >= 4 is 21.7 Å². The van der Waals surface area contributed by atoms with Crippen LogP contribution in [-0.4, -0.2) is 54.1 Å². The number of hydrogen-bond donors (Lipinski definition) is 0. The maximum Gasteiger partial charge on any atom is 0.355 e. The van der Waals surface area contributed by atoms with Gasteiger partial charge in [0.2, 0.25) is 0 Å². The van der Waals surface area contributed by atoms with E-state index >= 15 is 0 Å². The Hall–Kier alpha value is -1.41. The fourth-order valence-electron chi connectivity index (χ4n) is 5.74. The molecule has 0 bridgehead atoms. The Morgan fingerprint density at radius 1 is 1.18 bits per heavy atom. The number of β-lactam (4-membered cyclic amide) rings is 1. The molecule has 3 atom stereocenters. The molecule has 7 nitrogen and oxygen atoms in total. The lowest BCUT2D eigenvalue weighted by atomic mass is 9.82. The number of fused-ring (bicyclic) bond motifs is 2. The molecule has 0 aromatic rings. The lowest BCUT2D eigenvalue weighted by Crippen LogP contribution is -2.73. The molecule has 28 heavy (non-hydrogen) atoms. The molecule has 1 saturated heterocycles. The molecule has 0 aromatic carbocycles. The molecule has 3 fully saturated rings. The zero-order valence-corrected chi connectivity index (χ0v) is 18.0. The van der Waals surface area contributed by atoms with Gasteiger partial charge in [-0.05, 0) is 57.9 Å². The third kappa shape index (κ3) is 2.27. The van der Waals surface area contributed by atoms with Gasteiger partial charge in [0, 0.05) is 7.11 Å². The van der Waals surface area contributed by atoms with E-state index in [1.54, 1.807) is 27.7 Å². The summed E-state index contributed by atoms with van der Waals surface area (Å²) >= 11 is 0. The highest BCUT2D eigenvalue weighted by Gasteiger charge is 2.81. The summed E-state index contributed by atoms with van der Waals surface area (Å²) in [6.07, 6.45) is 4.23. The summed E-state index contributed by atoms with van der Waals surface area (Å²) < 4.78 is 37.2. The molecule has 8 heteroatoms. The molecule has 0 aromatic heterocycles. The number of carbonyl (C=O) groups excluding carboxylic acids is 2. The third-order valence-corrected chi connectivity index (χ3v) is 9.92. The van der Waals surface area contributed by atoms with Crippen LogP contribution in [0, 0.1) is 5.41 Å². The van der Waals surface area contributed by atoms with Gasteiger partial charge in [0.1, 0.15) is 16.0 Å². The summed E-state index contributed by atoms with van der Waals surface area (Å²) in [4.78, 5) is 26.8. The summed E-state index contributed by atoms with van der Waals surface area (Å²) in [5.41, 5.74) is -0.493. The lowest BCUT2D eigenvalue weighted by Gasteiger charge is -2.52. The van der Waals surface area contributed by atoms with Crippen molar-refractivity contribution in [3.8, 4) is 0 Å². The number of methoxy groups -OCH3 is 1. The minimum Gasteiger partial charge on any atom is -0.455 e. The number of sulfone groups is 1. The third-order valence-electron chi connectivity index (χ3n) is 6.98. The number of hydrogen-bond acceptors (Lipinski definition) is 6. The minimum absolute atomic E-state index is 0.107. The average Bonchev–Trinajstić information content (AvgIpc) is 3.23. The summed E-state index contributed by atoms with van der Waals surface area (Å²) in [5.74, 6) is -1.13. The zero-order chi connectivity index (χ0) is 20.7. The highest BCUT2D eigenvalue weighted by atomic mass is 32.2. The van der Waals surface area contributed by atoms with E-state index in [4.69, 9.17) is 9.47 Å². The Kier molecular flexibility index (Phi) is 4.13. The monoisotopic (exact) mass is 411 g/mol. The van der Waals surface area contributed by atoms with Crippen LogP contribution in [0.5, 0.6) is 0 Å². The molecule has 4 aliphatic rings. The van der Waals surface area contributed by atoms with E-state index in [0.717, 1.165) is 37.0 Å². The number of rotatable bonds is 2. The Labute approximate surface area is 166 Å². The second kappa shape index (κ2) is 5.81. The Morgan fingerprint density at radius 2 is 1.79 bits per heavy atom. The van der Waals surface area contributed by atoms with Crippen LogP contribution in [0.25, 0.3) is 0 Å². The predicted octanol–water partition coefficient (Wildman–Crippen LogP) is 2.31. The summed E-state index contributed by atoms with van der Waals surface area (Å²) in [5, 5.41) is -1.14. The van der Waals surface area contributed by atoms with E-state index in [2.05, 4.69) is 0 Å². The van der Waals surface area contributed by atoms with Gasteiger partial charge in [-0.25, -0.2) is 13.2 Å². The van der Waals surface area contributed by atoms with Crippen LogP contribution in [0.15, 0.2) is 11.3 Å². The number of ether oxygens (including phenoxy) is 2. The van der Waals surface area contributed by atoms with E-state index in [1.807, 2.05) is 0 Å². The number of carbonyl (C=O) groups is 2. The second-order valence-electron chi connectivity index (χ2n) is 9.62. The highest BCUT2D eigenvalue weighted by Crippen LogP contribution is 2.74. The maximum atomic E-state index is 13.8. The summed E-state index contributed by atoms with van der Waals surface area (Å²) in [6, 6.07) is 0. The maximum absolute atomic E-state index is 13.8. The first-order valence-corrected chi connectivity index (χ1v) is 11.5. The standard InChI is InChI=1S/C20H29NO6S/c1-12-13(17(23)27-18(2,3)4)21-15(22)14(26-5)16(21)28(24,25)20(12)11-19(20)9-7-6-8-10-19/h14,16H,6-11H2,1-5H3/t14-,16+,20?/m0/s1. The van der Waals surface area contributed by atoms with Crippen LogP contribution in [0.1, 0.15) is 66.2 Å². The quantitative estimate of drug-likeness (QED) is 0.512. The molecule has 2 spiro atoms. The fourth-order valence-corrected chi connectivity index (χ4v) is 9.00. The average molecular weight is 412 g/mol. The second-order valence-corrected chi connectivity index (χ2v) is 11.9. The molecule has 1 unspecified atom stereocenters. The van der Waals surface area contributed by atoms with Gasteiger partial charge >= 0.3 is 5.97 Å². The van der Waals surface area contributed by atoms with Gasteiger partial charge in [0.05, 0.1) is 0 Å². The van der Waals surface area contributed by atoms with Crippen molar-refractivity contribution in [3.63, 3.8) is 0 Å². The molecule has 0 N–H and O–H groups in total. The molecule has 2 saturated carbocycles. The van der Waals surface area contributed by atoms with Crippen LogP contribution in [0.2, 0.25) is 0 Å². The van der Waals surface area contributed by atoms with Gasteiger partial charge in [0.15, 0.2) is 21.3 Å². The van der Waals surface area contributed by atoms with E-state index in [9.17, 15) is 18.0 Å². The smallest absolute Gasteiger partial charge is 0.355 e. The van der Waals surface area contributed by atoms with Crippen molar-refractivity contribution in [1.82, 2.24) is 4.90 Å². The van der Waals surface area contributed by atoms with Gasteiger partial charge in [-0.3, -0.25) is 9.69 Å². The highest BCUT2D eigenvalue weighted by molar-refractivity contribution is 7.94. The SMILES string of the molecule is CO[C@H]1C(=O)N2C(C(=O)OC(C)(C)C)=C(C)C3(CC34CCCCC4)S(=O)(=O)[C@H]12. The van der Waals surface area contributed by atoms with Crippen molar-refractivity contribution < 1.29 is 27.5 Å². The van der Waals surface area contributed by atoms with Gasteiger partial charge in [-0.2, -0.15) is 0 Å². The number of esters is 1. The summed E-state index contributed by atoms with van der Waals surface area (Å²) in [7, 11) is -2.40. The largest absolute Gasteiger partial charge is 0.455 e. The van der Waals surface area contributed by atoms with Crippen LogP contribution >= 0.6 is 0 Å². The molecule has 0 radical (unpaired) electrons. The minimum atomic E-state index is -3.74. The Morgan fingerprint density at radius 3 is 2.32 bits per heavy atom. The fraction of sp³-hybridized carbons (Fsp3) is 0.800. The van der Waals surface area contributed by atoms with E-state index in [0.29, 0.717) is 12.0 Å². The zero-order valence-electron chi connectivity index (χ0n) is 17.2. The first-order chi connectivity index (χ1) is 12.9. The topological polar surface area (TPSA) is 90.0 Å². The van der Waals surface area contributed by atoms with Crippen molar-refractivity contribution in [2.45, 2.75) is 88.0 Å². The first kappa shape index (κ1) is 19.9. The van der Waals surface area contributed by atoms with Crippen molar-refractivity contribution in [2.24, 2.45) is 5.41 Å². The van der Waals surface area contributed by atoms with E-state index < -0.39 is 43.5 Å². The van der Waals surface area contributed by atoms with E-state index in [1.165, 1.54) is 7.11 Å². The summed E-state index contributed by atoms with van der Waals surface area (Å²) in [6.45, 7) is 6.96. The van der Waals surface area contributed by atoms with Crippen molar-refractivity contribution in [2.75, 3.05) is 7.11 Å². The van der Waals surface area contributed by atoms with E-state index in [-0.39, 0.29) is 11.1 Å². The van der Waals surface area contributed by atoms with Gasteiger partial charge in [-0.15, -0.1) is 0 Å². The molecular formula is C20H29NO6S. The van der Waals surface area contributed by atoms with Crippen LogP contribution in [-0.2, 0) is 28.9 Å². The number of amides is 1. The van der Waals surface area contributed by atoms with Crippen LogP contribution in [0.3, 0.4) is 0 Å². The normalized spacial score (nSPS) is 35.6. The molecule has 2 aliphatic carbocycles. The van der Waals surface area contributed by atoms with Gasteiger partial charge in [0.25, 0.3) is 5.91 Å². The molecule has 4 rings (SSSR count). The Bertz CT molecular complexity index is 877. The molecule has 156 valence electrons. The first-order valence-electron chi connectivity index (χ1n) is 9.98. The van der Waals surface area contributed by atoms with Crippen molar-refractivity contribution in [3.05, 3.63) is 11.3 Å². The lowest BCUT2D eigenvalue weighted by molar-refractivity contribution is -0.167. The Balaban J connectivity index is 1.88. The van der Waals surface area contributed by atoms with Crippen LogP contribution in [0.4, 0.5) is 0 Å². The molecular weight excluding hydrogens is 382 g/mol. The van der Waals surface area contributed by atoms with Gasteiger partial charge in [-0.1, -0.05) is 19.3 Å². The van der Waals surface area contributed by atoms with Crippen LogP contribution < -0.4 is 0 Å². The van der Waals surface area contributed by atoms with Crippen molar-refractivity contribution in [1.29, 1.82) is 0 Å². The number of nitrogens with zero attached hydrogens (tertiary/aromatic N) is 1.